The highest BCUT2D eigenvalue weighted by Crippen LogP contribution is 2.27. The van der Waals surface area contributed by atoms with Crippen LogP contribution in [0.4, 0.5) is 5.82 Å². The van der Waals surface area contributed by atoms with Crippen LogP contribution in [0.15, 0.2) is 16.6 Å². The molecular weight excluding hydrogens is 276 g/mol. The van der Waals surface area contributed by atoms with E-state index in [0.717, 1.165) is 16.0 Å². The number of piperidine rings is 1. The van der Waals surface area contributed by atoms with Crippen molar-refractivity contribution in [1.82, 2.24) is 4.98 Å². The summed E-state index contributed by atoms with van der Waals surface area (Å²) in [5.41, 5.74) is 1.09. The van der Waals surface area contributed by atoms with Gasteiger partial charge >= 0.3 is 0 Å². The summed E-state index contributed by atoms with van der Waals surface area (Å²) in [6.45, 7) is 5.50. The fourth-order valence-electron chi connectivity index (χ4n) is 2.63. The quantitative estimate of drug-likeness (QED) is 0.826. The summed E-state index contributed by atoms with van der Waals surface area (Å²) in [5.74, 6) is 1.16. The molecule has 0 bridgehead atoms. The zero-order chi connectivity index (χ0) is 12.3. The Labute approximate surface area is 113 Å². The van der Waals surface area contributed by atoms with Crippen LogP contribution in [0.2, 0.25) is 0 Å². The van der Waals surface area contributed by atoms with E-state index < -0.39 is 0 Å². The summed E-state index contributed by atoms with van der Waals surface area (Å²) in [5, 5.41) is 0. The molecule has 2 heterocycles. The van der Waals surface area contributed by atoms with E-state index in [9.17, 15) is 0 Å². The van der Waals surface area contributed by atoms with Crippen LogP contribution in [0, 0.1) is 6.92 Å². The lowest BCUT2D eigenvalue weighted by Gasteiger charge is -2.37. The first kappa shape index (κ1) is 12.9. The van der Waals surface area contributed by atoms with E-state index in [1.54, 1.807) is 0 Å². The smallest absolute Gasteiger partial charge is 0.129 e. The van der Waals surface area contributed by atoms with Crippen molar-refractivity contribution < 1.29 is 0 Å². The van der Waals surface area contributed by atoms with Crippen molar-refractivity contribution in [2.75, 3.05) is 11.4 Å². The number of anilines is 1. The molecule has 1 aromatic rings. The van der Waals surface area contributed by atoms with Gasteiger partial charge in [0.15, 0.2) is 0 Å². The molecule has 1 fully saturated rings. The SMILES string of the molecule is CCCC1CCCCN1c1ccc(Br)c(C)n1. The van der Waals surface area contributed by atoms with Crippen LogP contribution in [0.5, 0.6) is 0 Å². The van der Waals surface area contributed by atoms with Crippen LogP contribution in [-0.2, 0) is 0 Å². The molecule has 2 rings (SSSR count). The average molecular weight is 297 g/mol. The van der Waals surface area contributed by atoms with Crippen molar-refractivity contribution in [3.8, 4) is 0 Å². The third kappa shape index (κ3) is 3.01. The maximum absolute atomic E-state index is 4.71. The zero-order valence-electron chi connectivity index (χ0n) is 10.7. The van der Waals surface area contributed by atoms with E-state index in [1.165, 1.54) is 38.6 Å². The Morgan fingerprint density at radius 2 is 2.24 bits per heavy atom. The lowest BCUT2D eigenvalue weighted by atomic mass is 9.98. The van der Waals surface area contributed by atoms with Gasteiger partial charge in [0.05, 0.1) is 5.69 Å². The number of aryl methyl sites for hydroxylation is 1. The van der Waals surface area contributed by atoms with Crippen molar-refractivity contribution in [3.05, 3.63) is 22.3 Å². The molecule has 0 radical (unpaired) electrons. The molecule has 1 aliphatic rings. The second-order valence-corrected chi connectivity index (χ2v) is 5.72. The number of halogens is 1. The van der Waals surface area contributed by atoms with E-state index in [2.05, 4.69) is 46.8 Å². The number of nitrogens with zero attached hydrogens (tertiary/aromatic N) is 2. The zero-order valence-corrected chi connectivity index (χ0v) is 12.3. The van der Waals surface area contributed by atoms with Crippen molar-refractivity contribution in [1.29, 1.82) is 0 Å². The second-order valence-electron chi connectivity index (χ2n) is 4.87. The van der Waals surface area contributed by atoms with Gasteiger partial charge in [0, 0.05) is 17.1 Å². The van der Waals surface area contributed by atoms with Gasteiger partial charge in [0.2, 0.25) is 0 Å². The fraction of sp³-hybridized carbons (Fsp3) is 0.643. The minimum Gasteiger partial charge on any atom is -0.354 e. The summed E-state index contributed by atoms with van der Waals surface area (Å²) in [4.78, 5) is 7.21. The average Bonchev–Trinajstić information content (AvgIpc) is 2.34. The first-order valence-electron chi connectivity index (χ1n) is 6.62. The molecule has 1 saturated heterocycles. The van der Waals surface area contributed by atoms with Gasteiger partial charge in [-0.1, -0.05) is 13.3 Å². The Hall–Kier alpha value is -0.570. The van der Waals surface area contributed by atoms with E-state index >= 15 is 0 Å². The Balaban J connectivity index is 2.20. The number of aromatic nitrogens is 1. The molecule has 0 spiro atoms. The third-order valence-corrected chi connectivity index (χ3v) is 4.39. The summed E-state index contributed by atoms with van der Waals surface area (Å²) in [6, 6.07) is 4.96. The number of hydrogen-bond donors (Lipinski definition) is 0. The standard InChI is InChI=1S/C14H21BrN2/c1-3-6-12-7-4-5-10-17(12)14-9-8-13(15)11(2)16-14/h8-9,12H,3-7,10H2,1-2H3. The molecule has 1 atom stereocenters. The molecule has 0 saturated carbocycles. The highest BCUT2D eigenvalue weighted by Gasteiger charge is 2.22. The van der Waals surface area contributed by atoms with Crippen LogP contribution < -0.4 is 4.90 Å². The van der Waals surface area contributed by atoms with Gasteiger partial charge in [0.25, 0.3) is 0 Å². The molecule has 1 aliphatic heterocycles. The van der Waals surface area contributed by atoms with Gasteiger partial charge in [-0.2, -0.15) is 0 Å². The van der Waals surface area contributed by atoms with Gasteiger partial charge in [-0.15, -0.1) is 0 Å². The molecule has 0 amide bonds. The van der Waals surface area contributed by atoms with Crippen LogP contribution in [0.3, 0.4) is 0 Å². The Morgan fingerprint density at radius 3 is 2.94 bits per heavy atom. The number of pyridine rings is 1. The highest BCUT2D eigenvalue weighted by atomic mass is 79.9. The third-order valence-electron chi connectivity index (χ3n) is 3.55. The minimum atomic E-state index is 0.696. The van der Waals surface area contributed by atoms with Gasteiger partial charge in [-0.25, -0.2) is 4.98 Å². The first-order chi connectivity index (χ1) is 8.22. The van der Waals surface area contributed by atoms with Crippen molar-refractivity contribution in [2.24, 2.45) is 0 Å². The largest absolute Gasteiger partial charge is 0.354 e. The van der Waals surface area contributed by atoms with Crippen LogP contribution in [-0.4, -0.2) is 17.6 Å². The molecule has 1 aromatic heterocycles. The van der Waals surface area contributed by atoms with E-state index in [-0.39, 0.29) is 0 Å². The minimum absolute atomic E-state index is 0.696. The number of hydrogen-bond acceptors (Lipinski definition) is 2. The highest BCUT2D eigenvalue weighted by molar-refractivity contribution is 9.10. The van der Waals surface area contributed by atoms with Crippen LogP contribution >= 0.6 is 15.9 Å². The summed E-state index contributed by atoms with van der Waals surface area (Å²) >= 11 is 3.52. The van der Waals surface area contributed by atoms with Gasteiger partial charge < -0.3 is 4.90 Å². The maximum atomic E-state index is 4.71. The molecule has 94 valence electrons. The normalized spacial score (nSPS) is 20.6. The number of rotatable bonds is 3. The predicted octanol–water partition coefficient (Wildman–Crippen LogP) is 4.31. The first-order valence-corrected chi connectivity index (χ1v) is 7.41. The fourth-order valence-corrected chi connectivity index (χ4v) is 2.85. The summed E-state index contributed by atoms with van der Waals surface area (Å²) < 4.78 is 1.10. The van der Waals surface area contributed by atoms with E-state index in [4.69, 9.17) is 4.98 Å². The molecule has 0 aliphatic carbocycles. The molecule has 17 heavy (non-hydrogen) atoms. The van der Waals surface area contributed by atoms with E-state index in [0.29, 0.717) is 6.04 Å². The van der Waals surface area contributed by atoms with Gasteiger partial charge in [-0.3, -0.25) is 0 Å². The van der Waals surface area contributed by atoms with Crippen LogP contribution in [0.25, 0.3) is 0 Å². The molecule has 0 aromatic carbocycles. The van der Waals surface area contributed by atoms with Crippen LogP contribution in [0.1, 0.15) is 44.7 Å². The van der Waals surface area contributed by atoms with E-state index in [1.807, 2.05) is 0 Å². The molecule has 1 unspecified atom stereocenters. The molecule has 0 N–H and O–H groups in total. The van der Waals surface area contributed by atoms with Gasteiger partial charge in [0.1, 0.15) is 5.82 Å². The lowest BCUT2D eigenvalue weighted by molar-refractivity contribution is 0.431. The second kappa shape index (κ2) is 5.85. The predicted molar refractivity (Wildman–Crippen MR) is 76.6 cm³/mol. The summed E-state index contributed by atoms with van der Waals surface area (Å²) in [6.07, 6.45) is 6.55. The van der Waals surface area contributed by atoms with Crippen molar-refractivity contribution in [2.45, 2.75) is 52.0 Å². The molecule has 2 nitrogen and oxygen atoms in total. The summed E-state index contributed by atoms with van der Waals surface area (Å²) in [7, 11) is 0. The topological polar surface area (TPSA) is 16.1 Å². The lowest BCUT2D eigenvalue weighted by Crippen LogP contribution is -2.40. The van der Waals surface area contributed by atoms with Crippen molar-refractivity contribution >= 4 is 21.7 Å². The monoisotopic (exact) mass is 296 g/mol. The molecular formula is C14H21BrN2. The Kier molecular flexibility index (Phi) is 4.43. The Morgan fingerprint density at radius 1 is 1.41 bits per heavy atom. The van der Waals surface area contributed by atoms with Crippen molar-refractivity contribution in [3.63, 3.8) is 0 Å². The molecule has 3 heteroatoms. The maximum Gasteiger partial charge on any atom is 0.129 e. The Bertz CT molecular complexity index is 376. The van der Waals surface area contributed by atoms with Gasteiger partial charge in [-0.05, 0) is 60.7 Å².